The van der Waals surface area contributed by atoms with Gasteiger partial charge in [-0.05, 0) is 51.4 Å². The third-order valence-electron chi connectivity index (χ3n) is 5.18. The minimum absolute atomic E-state index is 0.0570. The molecule has 0 unspecified atom stereocenters. The highest BCUT2D eigenvalue weighted by Gasteiger charge is 2.36. The maximum Gasteiger partial charge on any atom is 0.331 e. The molecule has 5 rings (SSSR count). The van der Waals surface area contributed by atoms with Crippen LogP contribution >= 0.6 is 0 Å². The predicted octanol–water partition coefficient (Wildman–Crippen LogP) is 4.25. The van der Waals surface area contributed by atoms with Gasteiger partial charge in [-0.2, -0.15) is 0 Å². The largest absolute Gasteiger partial charge is 0.467 e. The van der Waals surface area contributed by atoms with Crippen LogP contribution in [0.4, 0.5) is 4.79 Å². The first-order chi connectivity index (χ1) is 14.6. The number of hydrogen-bond donors (Lipinski definition) is 1. The van der Waals surface area contributed by atoms with Crippen LogP contribution in [0.1, 0.15) is 11.3 Å². The molecule has 0 saturated carbocycles. The lowest BCUT2D eigenvalue weighted by Gasteiger charge is -2.25. The first-order valence-electron chi connectivity index (χ1n) is 9.43. The van der Waals surface area contributed by atoms with Gasteiger partial charge in [-0.1, -0.05) is 48.5 Å². The molecule has 2 heterocycles. The van der Waals surface area contributed by atoms with Crippen LogP contribution in [-0.2, 0) is 16.1 Å². The fraction of sp³-hybridized carbons (Fsp3) is 0.0417. The van der Waals surface area contributed by atoms with Crippen LogP contribution in [0, 0.1) is 0 Å². The molecule has 1 fully saturated rings. The minimum Gasteiger partial charge on any atom is -0.467 e. The quantitative estimate of drug-likeness (QED) is 0.319. The summed E-state index contributed by atoms with van der Waals surface area (Å²) < 4.78 is 5.25. The molecule has 1 aliphatic rings. The fourth-order valence-corrected chi connectivity index (χ4v) is 3.74. The molecule has 4 aromatic rings. The number of fused-ring (bicyclic) bond motifs is 2. The van der Waals surface area contributed by atoms with Crippen molar-refractivity contribution in [3.63, 3.8) is 0 Å². The Kier molecular flexibility index (Phi) is 4.17. The smallest absolute Gasteiger partial charge is 0.331 e. The molecule has 0 atom stereocenters. The zero-order chi connectivity index (χ0) is 20.7. The van der Waals surface area contributed by atoms with Crippen LogP contribution in [0.15, 0.2) is 83.0 Å². The molecule has 0 spiro atoms. The van der Waals surface area contributed by atoms with Crippen LogP contribution < -0.4 is 5.32 Å². The van der Waals surface area contributed by atoms with Gasteiger partial charge in [-0.15, -0.1) is 0 Å². The summed E-state index contributed by atoms with van der Waals surface area (Å²) in [5, 5.41) is 6.08. The Morgan fingerprint density at radius 2 is 1.53 bits per heavy atom. The number of urea groups is 1. The van der Waals surface area contributed by atoms with Crippen molar-refractivity contribution in [2.24, 2.45) is 0 Å². The second-order valence-electron chi connectivity index (χ2n) is 7.02. The van der Waals surface area contributed by atoms with Gasteiger partial charge in [0, 0.05) is 0 Å². The Labute approximate surface area is 171 Å². The third kappa shape index (κ3) is 2.95. The summed E-state index contributed by atoms with van der Waals surface area (Å²) in [7, 11) is 0. The number of hydrogen-bond acceptors (Lipinski definition) is 4. The summed E-state index contributed by atoms with van der Waals surface area (Å²) in [5.41, 5.74) is 0.664. The van der Waals surface area contributed by atoms with Crippen molar-refractivity contribution in [3.8, 4) is 0 Å². The van der Waals surface area contributed by atoms with Gasteiger partial charge in [0.1, 0.15) is 11.3 Å². The van der Waals surface area contributed by atoms with Gasteiger partial charge in [0.25, 0.3) is 11.8 Å². The maximum absolute atomic E-state index is 13.1. The van der Waals surface area contributed by atoms with E-state index in [9.17, 15) is 14.4 Å². The highest BCUT2D eigenvalue weighted by atomic mass is 16.3. The number of furan rings is 1. The van der Waals surface area contributed by atoms with Gasteiger partial charge in [0.05, 0.1) is 12.8 Å². The van der Waals surface area contributed by atoms with E-state index in [1.54, 1.807) is 18.2 Å². The molecule has 0 radical (unpaired) electrons. The van der Waals surface area contributed by atoms with E-state index in [1.807, 2.05) is 48.5 Å². The number of rotatable bonds is 3. The van der Waals surface area contributed by atoms with E-state index in [1.165, 1.54) is 6.26 Å². The summed E-state index contributed by atoms with van der Waals surface area (Å²) >= 11 is 0. The van der Waals surface area contributed by atoms with Crippen molar-refractivity contribution in [1.29, 1.82) is 0 Å². The number of carbonyl (C=O) groups is 3. The number of benzene rings is 3. The van der Waals surface area contributed by atoms with E-state index in [4.69, 9.17) is 4.42 Å². The van der Waals surface area contributed by atoms with Crippen LogP contribution in [-0.4, -0.2) is 22.7 Å². The van der Waals surface area contributed by atoms with Crippen molar-refractivity contribution in [2.45, 2.75) is 6.54 Å². The lowest BCUT2D eigenvalue weighted by Crippen LogP contribution is -2.53. The molecule has 0 bridgehead atoms. The maximum atomic E-state index is 13.1. The normalized spacial score (nSPS) is 15.9. The molecule has 4 amide bonds. The van der Waals surface area contributed by atoms with Crippen LogP contribution in [0.2, 0.25) is 0 Å². The first kappa shape index (κ1) is 17.9. The number of carbonyl (C=O) groups excluding carboxylic acids is 3. The second-order valence-corrected chi connectivity index (χ2v) is 7.02. The van der Waals surface area contributed by atoms with Gasteiger partial charge in [0.2, 0.25) is 0 Å². The van der Waals surface area contributed by atoms with Crippen LogP contribution in [0.5, 0.6) is 0 Å². The minimum atomic E-state index is -0.763. The van der Waals surface area contributed by atoms with Crippen molar-refractivity contribution >= 4 is 45.5 Å². The average Bonchev–Trinajstić information content (AvgIpc) is 3.26. The van der Waals surface area contributed by atoms with E-state index in [2.05, 4.69) is 11.4 Å². The van der Waals surface area contributed by atoms with Gasteiger partial charge in [-0.25, -0.2) is 4.79 Å². The topological polar surface area (TPSA) is 79.6 Å². The summed E-state index contributed by atoms with van der Waals surface area (Å²) in [5.74, 6) is -0.919. The van der Waals surface area contributed by atoms with Gasteiger partial charge >= 0.3 is 6.03 Å². The molecular formula is C24H16N2O4. The Morgan fingerprint density at radius 3 is 2.17 bits per heavy atom. The molecule has 6 heteroatoms. The molecule has 3 aromatic carbocycles. The molecule has 1 N–H and O–H groups in total. The van der Waals surface area contributed by atoms with Crippen LogP contribution in [0.3, 0.4) is 0 Å². The Balaban J connectivity index is 1.67. The molecule has 30 heavy (non-hydrogen) atoms. The van der Waals surface area contributed by atoms with Gasteiger partial charge in [-0.3, -0.25) is 19.8 Å². The molecule has 1 aromatic heterocycles. The number of amides is 4. The number of nitrogens with one attached hydrogen (secondary N) is 1. The van der Waals surface area contributed by atoms with Crippen molar-refractivity contribution in [3.05, 3.63) is 89.9 Å². The van der Waals surface area contributed by atoms with Crippen molar-refractivity contribution in [1.82, 2.24) is 10.2 Å². The van der Waals surface area contributed by atoms with Crippen molar-refractivity contribution in [2.75, 3.05) is 0 Å². The average molecular weight is 396 g/mol. The van der Waals surface area contributed by atoms with E-state index in [0.29, 0.717) is 5.76 Å². The molecule has 0 aliphatic carbocycles. The monoisotopic (exact) mass is 396 g/mol. The molecule has 1 saturated heterocycles. The SMILES string of the molecule is O=C1NC(=O)N(Cc2ccco2)C(=O)/C1=C/c1c2ccccc2cc2ccccc12. The summed E-state index contributed by atoms with van der Waals surface area (Å²) in [6, 6.07) is 20.2. The fourth-order valence-electron chi connectivity index (χ4n) is 3.74. The molecule has 146 valence electrons. The van der Waals surface area contributed by atoms with Gasteiger partial charge < -0.3 is 4.42 Å². The zero-order valence-electron chi connectivity index (χ0n) is 15.8. The van der Waals surface area contributed by atoms with E-state index < -0.39 is 17.8 Å². The highest BCUT2D eigenvalue weighted by molar-refractivity contribution is 6.31. The standard InChI is InChI=1S/C24H16N2O4/c27-22-21(23(28)26(24(29)25-22)14-17-8-5-11-30-17)13-20-18-9-3-1-6-15(18)12-16-7-2-4-10-19(16)20/h1-13H,14H2,(H,25,27,29)/b21-13+. The lowest BCUT2D eigenvalue weighted by atomic mass is 9.94. The number of nitrogens with zero attached hydrogens (tertiary/aromatic N) is 1. The number of imide groups is 2. The van der Waals surface area contributed by atoms with Crippen LogP contribution in [0.25, 0.3) is 27.6 Å². The van der Waals surface area contributed by atoms with Crippen molar-refractivity contribution < 1.29 is 18.8 Å². The number of barbiturate groups is 1. The lowest BCUT2D eigenvalue weighted by molar-refractivity contribution is -0.130. The summed E-state index contributed by atoms with van der Waals surface area (Å²) in [6.45, 7) is -0.0570. The summed E-state index contributed by atoms with van der Waals surface area (Å²) in [4.78, 5) is 38.9. The molecule has 1 aliphatic heterocycles. The molecular weight excluding hydrogens is 380 g/mol. The third-order valence-corrected chi connectivity index (χ3v) is 5.18. The van der Waals surface area contributed by atoms with E-state index in [-0.39, 0.29) is 12.1 Å². The Hall–Kier alpha value is -4.19. The molecule has 6 nitrogen and oxygen atoms in total. The van der Waals surface area contributed by atoms with Gasteiger partial charge in [0.15, 0.2) is 0 Å². The van der Waals surface area contributed by atoms with E-state index >= 15 is 0 Å². The Morgan fingerprint density at radius 1 is 0.867 bits per heavy atom. The Bertz CT molecular complexity index is 1300. The first-order valence-corrected chi connectivity index (χ1v) is 9.43. The predicted molar refractivity (Wildman–Crippen MR) is 112 cm³/mol. The second kappa shape index (κ2) is 7.00. The zero-order valence-corrected chi connectivity index (χ0v) is 15.8. The van der Waals surface area contributed by atoms with E-state index in [0.717, 1.165) is 32.0 Å². The summed E-state index contributed by atoms with van der Waals surface area (Å²) in [6.07, 6.45) is 3.04. The highest BCUT2D eigenvalue weighted by Crippen LogP contribution is 2.31.